The zero-order valence-corrected chi connectivity index (χ0v) is 21.0. The predicted molar refractivity (Wildman–Crippen MR) is 136 cm³/mol. The van der Waals surface area contributed by atoms with E-state index in [9.17, 15) is 4.79 Å². The van der Waals surface area contributed by atoms with Crippen LogP contribution in [0.3, 0.4) is 0 Å². The summed E-state index contributed by atoms with van der Waals surface area (Å²) >= 11 is 12.9. The first kappa shape index (κ1) is 25.1. The molecule has 0 aliphatic rings. The van der Waals surface area contributed by atoms with Gasteiger partial charge in [0.25, 0.3) is 0 Å². The number of aryl methyl sites for hydroxylation is 1. The second kappa shape index (κ2) is 11.6. The van der Waals surface area contributed by atoms with Crippen molar-refractivity contribution >= 4 is 46.1 Å². The Kier molecular flexibility index (Phi) is 8.83. The van der Waals surface area contributed by atoms with Crippen LogP contribution in [-0.4, -0.2) is 51.5 Å². The van der Waals surface area contributed by atoms with Gasteiger partial charge >= 0.3 is 0 Å². The fourth-order valence-electron chi connectivity index (χ4n) is 3.76. The molecule has 0 unspecified atom stereocenters. The van der Waals surface area contributed by atoms with Crippen LogP contribution in [0.15, 0.2) is 35.5 Å². The van der Waals surface area contributed by atoms with Gasteiger partial charge < -0.3 is 14.8 Å². The number of pyridine rings is 1. The number of rotatable bonds is 9. The van der Waals surface area contributed by atoms with Crippen molar-refractivity contribution in [1.29, 1.82) is 0 Å². The normalized spacial score (nSPS) is 12.0. The third-order valence-electron chi connectivity index (χ3n) is 5.55. The fraction of sp³-hybridized carbons (Fsp3) is 0.417. The lowest BCUT2D eigenvalue weighted by molar-refractivity contribution is -0.116. The highest BCUT2D eigenvalue weighted by atomic mass is 35.5. The van der Waals surface area contributed by atoms with Crippen LogP contribution in [0.2, 0.25) is 10.0 Å². The van der Waals surface area contributed by atoms with Gasteiger partial charge in [0.15, 0.2) is 0 Å². The minimum atomic E-state index is -0.324. The molecule has 0 radical (unpaired) electrons. The summed E-state index contributed by atoms with van der Waals surface area (Å²) < 4.78 is 1.78. The number of carbonyl (C=O) groups is 1. The number of halogens is 2. The smallest absolute Gasteiger partial charge is 0.244 e. The van der Waals surface area contributed by atoms with Crippen LogP contribution in [0.4, 0.5) is 5.95 Å². The summed E-state index contributed by atoms with van der Waals surface area (Å²) in [5.74, 6) is 0.216. The van der Waals surface area contributed by atoms with Crippen LogP contribution in [0, 0.1) is 0 Å². The quantitative estimate of drug-likeness (QED) is 0.432. The van der Waals surface area contributed by atoms with Gasteiger partial charge in [0.1, 0.15) is 11.1 Å². The second-order valence-corrected chi connectivity index (χ2v) is 8.62. The Bertz CT molecular complexity index is 1180. The van der Waals surface area contributed by atoms with E-state index >= 15 is 0 Å². The summed E-state index contributed by atoms with van der Waals surface area (Å²) in [6.07, 6.45) is 3.89. The number of anilines is 1. The Balaban J connectivity index is 1.94. The third kappa shape index (κ3) is 6.10. The summed E-state index contributed by atoms with van der Waals surface area (Å²) in [7, 11) is 1.82. The summed E-state index contributed by atoms with van der Waals surface area (Å²) in [6, 6.07) is 7.17. The van der Waals surface area contributed by atoms with Gasteiger partial charge in [-0.2, -0.15) is 9.98 Å². The number of nitrogens with zero attached hydrogens (tertiary/aromatic N) is 5. The van der Waals surface area contributed by atoms with Crippen LogP contribution in [0.25, 0.3) is 22.2 Å². The molecule has 1 aromatic carbocycles. The average Bonchev–Trinajstić information content (AvgIpc) is 2.78. The molecule has 0 bridgehead atoms. The first-order valence-electron chi connectivity index (χ1n) is 11.2. The van der Waals surface area contributed by atoms with Gasteiger partial charge in [-0.3, -0.25) is 4.79 Å². The largest absolute Gasteiger partial charge is 0.354 e. The maximum absolute atomic E-state index is 11.9. The van der Waals surface area contributed by atoms with Crippen molar-refractivity contribution in [3.63, 3.8) is 0 Å². The molecule has 0 atom stereocenters. The van der Waals surface area contributed by atoms with E-state index in [0.29, 0.717) is 38.3 Å². The Morgan fingerprint density at radius 2 is 1.88 bits per heavy atom. The zero-order chi connectivity index (χ0) is 24.0. The van der Waals surface area contributed by atoms with Crippen molar-refractivity contribution in [3.05, 3.63) is 46.0 Å². The highest BCUT2D eigenvalue weighted by Gasteiger charge is 2.15. The molecule has 2 aromatic heterocycles. The van der Waals surface area contributed by atoms with Crippen LogP contribution in [-0.2, 0) is 11.8 Å². The number of nitrogens with one attached hydrogen (secondary N) is 1. The molecule has 0 aliphatic heterocycles. The Labute approximate surface area is 204 Å². The molecule has 1 N–H and O–H groups in total. The molecule has 3 rings (SSSR count). The Morgan fingerprint density at radius 1 is 1.18 bits per heavy atom. The van der Waals surface area contributed by atoms with Gasteiger partial charge in [0.2, 0.25) is 11.9 Å². The van der Waals surface area contributed by atoms with Crippen molar-refractivity contribution in [1.82, 2.24) is 19.4 Å². The molecular weight excluding hydrogens is 459 g/mol. The molecule has 33 heavy (non-hydrogen) atoms. The summed E-state index contributed by atoms with van der Waals surface area (Å²) in [6.45, 7) is 9.80. The molecule has 2 heterocycles. The summed E-state index contributed by atoms with van der Waals surface area (Å²) in [4.78, 5) is 27.7. The fourth-order valence-corrected chi connectivity index (χ4v) is 4.36. The van der Waals surface area contributed by atoms with Crippen molar-refractivity contribution in [2.24, 2.45) is 12.0 Å². The number of aromatic nitrogens is 3. The molecule has 0 fully saturated rings. The van der Waals surface area contributed by atoms with Crippen LogP contribution >= 0.6 is 23.2 Å². The molecule has 0 saturated heterocycles. The van der Waals surface area contributed by atoms with E-state index in [4.69, 9.17) is 23.2 Å². The van der Waals surface area contributed by atoms with E-state index in [-0.39, 0.29) is 5.91 Å². The summed E-state index contributed by atoms with van der Waals surface area (Å²) in [5, 5.41) is 5.05. The first-order valence-corrected chi connectivity index (χ1v) is 11.9. The zero-order valence-electron chi connectivity index (χ0n) is 19.5. The molecular formula is C24H30Cl2N6O. The molecule has 7 nitrogen and oxygen atoms in total. The Hall–Kier alpha value is -2.48. The molecule has 0 spiro atoms. The van der Waals surface area contributed by atoms with Gasteiger partial charge in [-0.15, -0.1) is 0 Å². The third-order valence-corrected chi connectivity index (χ3v) is 6.18. The van der Waals surface area contributed by atoms with Crippen molar-refractivity contribution in [2.45, 2.75) is 33.6 Å². The molecule has 1 amide bonds. The van der Waals surface area contributed by atoms with Gasteiger partial charge in [0, 0.05) is 43.2 Å². The van der Waals surface area contributed by atoms with E-state index < -0.39 is 0 Å². The van der Waals surface area contributed by atoms with Crippen molar-refractivity contribution in [3.8, 4) is 11.1 Å². The highest BCUT2D eigenvalue weighted by molar-refractivity contribution is 6.39. The number of fused-ring (bicyclic) bond motifs is 1. The van der Waals surface area contributed by atoms with E-state index in [1.165, 1.54) is 6.92 Å². The van der Waals surface area contributed by atoms with E-state index in [0.717, 1.165) is 44.4 Å². The van der Waals surface area contributed by atoms with Crippen LogP contribution in [0.5, 0.6) is 0 Å². The molecule has 0 saturated carbocycles. The number of hydrogen-bond acceptors (Lipinski definition) is 5. The van der Waals surface area contributed by atoms with E-state index in [1.54, 1.807) is 29.0 Å². The number of hydrogen-bond donors (Lipinski definition) is 1. The molecule has 3 aromatic rings. The van der Waals surface area contributed by atoms with Gasteiger partial charge in [-0.1, -0.05) is 43.1 Å². The Morgan fingerprint density at radius 3 is 2.52 bits per heavy atom. The topological polar surface area (TPSA) is 75.4 Å². The lowest BCUT2D eigenvalue weighted by atomic mass is 10.1. The minimum absolute atomic E-state index is 0.324. The molecule has 9 heteroatoms. The van der Waals surface area contributed by atoms with E-state index in [2.05, 4.69) is 39.0 Å². The maximum atomic E-state index is 11.9. The van der Waals surface area contributed by atoms with E-state index in [1.807, 2.05) is 13.1 Å². The van der Waals surface area contributed by atoms with Crippen LogP contribution < -0.4 is 10.8 Å². The van der Waals surface area contributed by atoms with Gasteiger partial charge in [-0.05, 0) is 50.7 Å². The number of amides is 1. The molecule has 176 valence electrons. The van der Waals surface area contributed by atoms with Gasteiger partial charge in [0.05, 0.1) is 10.0 Å². The summed E-state index contributed by atoms with van der Waals surface area (Å²) in [5.41, 5.74) is 2.36. The monoisotopic (exact) mass is 488 g/mol. The lowest BCUT2D eigenvalue weighted by Crippen LogP contribution is -2.24. The van der Waals surface area contributed by atoms with Crippen molar-refractivity contribution in [2.75, 3.05) is 31.5 Å². The van der Waals surface area contributed by atoms with Crippen LogP contribution in [0.1, 0.15) is 33.6 Å². The maximum Gasteiger partial charge on any atom is 0.244 e. The highest BCUT2D eigenvalue weighted by Crippen LogP contribution is 2.33. The standard InChI is InChI=1S/C24H30Cl2N6O/c1-5-32(6-2)13-8-7-12-27-24-28-15-17-14-18(21-19(25)10-9-11-20(21)26)23(29-16(3)33)31(4)22(17)30-24/h9-11,14-15H,5-8,12-13H2,1-4H3,(H,27,28,30). The van der Waals surface area contributed by atoms with Gasteiger partial charge in [-0.25, -0.2) is 4.98 Å². The minimum Gasteiger partial charge on any atom is -0.354 e. The first-order chi connectivity index (χ1) is 15.8. The lowest BCUT2D eigenvalue weighted by Gasteiger charge is -2.17. The second-order valence-electron chi connectivity index (χ2n) is 7.80. The average molecular weight is 489 g/mol. The van der Waals surface area contributed by atoms with Crippen molar-refractivity contribution < 1.29 is 4.79 Å². The number of carbonyl (C=O) groups excluding carboxylic acids is 1. The number of benzene rings is 1. The number of unbranched alkanes of at least 4 members (excludes halogenated alkanes) is 1. The SMILES string of the molecule is CCN(CC)CCCCNc1ncc2cc(-c3c(Cl)cccc3Cl)c(=NC(C)=O)n(C)c2n1. The predicted octanol–water partition coefficient (Wildman–Crippen LogP) is 4.92. The molecule has 0 aliphatic carbocycles.